The zero-order valence-electron chi connectivity index (χ0n) is 10.4. The van der Waals surface area contributed by atoms with Crippen LogP contribution in [0.15, 0.2) is 17.5 Å². The lowest BCUT2D eigenvalue weighted by Crippen LogP contribution is -2.10. The molecule has 1 fully saturated rings. The Labute approximate surface area is 110 Å². The van der Waals surface area contributed by atoms with Crippen molar-refractivity contribution in [2.45, 2.75) is 32.1 Å². The first kappa shape index (κ1) is 11.4. The second-order valence-corrected chi connectivity index (χ2v) is 5.76. The average molecular weight is 255 g/mol. The van der Waals surface area contributed by atoms with E-state index in [0.717, 1.165) is 24.2 Å². The molecule has 3 nitrogen and oxygen atoms in total. The van der Waals surface area contributed by atoms with Crippen LogP contribution in [0.1, 0.15) is 29.9 Å². The number of hydrogen-bond acceptors (Lipinski definition) is 4. The van der Waals surface area contributed by atoms with Gasteiger partial charge in [0.2, 0.25) is 0 Å². The number of nitrogens with zero attached hydrogens (tertiary/aromatic N) is 3. The van der Waals surface area contributed by atoms with Gasteiger partial charge in [0.25, 0.3) is 0 Å². The van der Waals surface area contributed by atoms with Crippen molar-refractivity contribution in [2.75, 3.05) is 0 Å². The summed E-state index contributed by atoms with van der Waals surface area (Å²) < 4.78 is 0. The van der Waals surface area contributed by atoms with Crippen molar-refractivity contribution >= 4 is 11.3 Å². The molecule has 0 N–H and O–H groups in total. The summed E-state index contributed by atoms with van der Waals surface area (Å²) in [6, 6.07) is 6.45. The number of nitriles is 1. The molecule has 1 aliphatic rings. The topological polar surface area (TPSA) is 49.6 Å². The van der Waals surface area contributed by atoms with Gasteiger partial charge in [-0.05, 0) is 49.8 Å². The van der Waals surface area contributed by atoms with Crippen LogP contribution in [0, 0.1) is 25.2 Å². The van der Waals surface area contributed by atoms with Crippen molar-refractivity contribution in [3.63, 3.8) is 0 Å². The second kappa shape index (κ2) is 3.89. The maximum Gasteiger partial charge on any atom is 0.149 e. The van der Waals surface area contributed by atoms with Crippen LogP contribution in [-0.4, -0.2) is 9.97 Å². The fourth-order valence-corrected chi connectivity index (χ4v) is 2.93. The van der Waals surface area contributed by atoms with Gasteiger partial charge in [-0.2, -0.15) is 5.26 Å². The van der Waals surface area contributed by atoms with E-state index in [-0.39, 0.29) is 0 Å². The van der Waals surface area contributed by atoms with Crippen molar-refractivity contribution < 1.29 is 0 Å². The predicted molar refractivity (Wildman–Crippen MR) is 71.3 cm³/mol. The van der Waals surface area contributed by atoms with Gasteiger partial charge >= 0.3 is 0 Å². The summed E-state index contributed by atoms with van der Waals surface area (Å²) in [5.74, 6) is 0.702. The highest BCUT2D eigenvalue weighted by atomic mass is 32.1. The van der Waals surface area contributed by atoms with E-state index in [2.05, 4.69) is 34.4 Å². The molecule has 0 bridgehead atoms. The van der Waals surface area contributed by atoms with Crippen LogP contribution in [0.5, 0.6) is 0 Å². The Balaban J connectivity index is 2.13. The van der Waals surface area contributed by atoms with E-state index in [9.17, 15) is 5.26 Å². The maximum absolute atomic E-state index is 9.25. The predicted octanol–water partition coefficient (Wildman–Crippen LogP) is 3.38. The summed E-state index contributed by atoms with van der Waals surface area (Å²) in [6.07, 6.45) is 1.77. The Morgan fingerprint density at radius 3 is 2.67 bits per heavy atom. The summed E-state index contributed by atoms with van der Waals surface area (Å²) >= 11 is 1.69. The van der Waals surface area contributed by atoms with Gasteiger partial charge in [0.15, 0.2) is 0 Å². The van der Waals surface area contributed by atoms with E-state index in [0.29, 0.717) is 5.82 Å². The van der Waals surface area contributed by atoms with E-state index in [1.54, 1.807) is 11.3 Å². The maximum atomic E-state index is 9.25. The van der Waals surface area contributed by atoms with Crippen molar-refractivity contribution in [2.24, 2.45) is 0 Å². The van der Waals surface area contributed by atoms with Crippen LogP contribution in [-0.2, 0) is 5.41 Å². The van der Waals surface area contributed by atoms with Gasteiger partial charge in [0.1, 0.15) is 11.2 Å². The Morgan fingerprint density at radius 1 is 1.33 bits per heavy atom. The van der Waals surface area contributed by atoms with Crippen molar-refractivity contribution in [1.29, 1.82) is 5.26 Å². The molecule has 0 unspecified atom stereocenters. The zero-order chi connectivity index (χ0) is 12.8. The minimum absolute atomic E-state index is 0.411. The summed E-state index contributed by atoms with van der Waals surface area (Å²) in [5, 5.41) is 11.3. The van der Waals surface area contributed by atoms with E-state index in [1.165, 1.54) is 10.4 Å². The van der Waals surface area contributed by atoms with Crippen LogP contribution >= 0.6 is 11.3 Å². The molecule has 1 saturated carbocycles. The number of aromatic nitrogens is 2. The minimum Gasteiger partial charge on any atom is -0.236 e. The Morgan fingerprint density at radius 2 is 2.11 bits per heavy atom. The molecule has 0 atom stereocenters. The van der Waals surface area contributed by atoms with Crippen molar-refractivity contribution in [1.82, 2.24) is 9.97 Å². The van der Waals surface area contributed by atoms with Crippen LogP contribution in [0.2, 0.25) is 0 Å². The van der Waals surface area contributed by atoms with Crippen molar-refractivity contribution in [3.8, 4) is 16.6 Å². The molecule has 0 aliphatic heterocycles. The number of rotatable bonds is 2. The third-order valence-corrected chi connectivity index (χ3v) is 4.38. The molecule has 0 saturated heterocycles. The van der Waals surface area contributed by atoms with Crippen LogP contribution in [0.3, 0.4) is 0 Å². The molecule has 0 spiro atoms. The zero-order valence-corrected chi connectivity index (χ0v) is 11.2. The molecular formula is C14H13N3S. The molecule has 3 rings (SSSR count). The Kier molecular flexibility index (Phi) is 2.46. The SMILES string of the molecule is Cc1cc(-c2sccc2C)nc(C2(C#N)CC2)n1. The molecule has 4 heteroatoms. The van der Waals surface area contributed by atoms with Crippen LogP contribution in [0.25, 0.3) is 10.6 Å². The molecule has 0 aromatic carbocycles. The fraction of sp³-hybridized carbons (Fsp3) is 0.357. The van der Waals surface area contributed by atoms with Crippen molar-refractivity contribution in [3.05, 3.63) is 34.6 Å². The van der Waals surface area contributed by atoms with Gasteiger partial charge in [-0.3, -0.25) is 0 Å². The molecule has 0 radical (unpaired) electrons. The number of hydrogen-bond donors (Lipinski definition) is 0. The lowest BCUT2D eigenvalue weighted by atomic mass is 10.1. The molecule has 1 aliphatic carbocycles. The van der Waals surface area contributed by atoms with Gasteiger partial charge in [-0.25, -0.2) is 9.97 Å². The fourth-order valence-electron chi connectivity index (χ4n) is 2.04. The molecule has 90 valence electrons. The smallest absolute Gasteiger partial charge is 0.149 e. The van der Waals surface area contributed by atoms with Gasteiger partial charge < -0.3 is 0 Å². The van der Waals surface area contributed by atoms with Gasteiger partial charge in [0, 0.05) is 5.69 Å². The monoisotopic (exact) mass is 255 g/mol. The molecular weight excluding hydrogens is 242 g/mol. The summed E-state index contributed by atoms with van der Waals surface area (Å²) in [7, 11) is 0. The van der Waals surface area contributed by atoms with Crippen LogP contribution < -0.4 is 0 Å². The van der Waals surface area contributed by atoms with Gasteiger partial charge in [-0.15, -0.1) is 11.3 Å². The third kappa shape index (κ3) is 1.72. The second-order valence-electron chi connectivity index (χ2n) is 4.84. The number of aryl methyl sites for hydroxylation is 2. The molecule has 2 aromatic heterocycles. The summed E-state index contributed by atoms with van der Waals surface area (Å²) in [4.78, 5) is 10.2. The summed E-state index contributed by atoms with van der Waals surface area (Å²) in [5.41, 5.74) is 2.70. The normalized spacial score (nSPS) is 16.3. The largest absolute Gasteiger partial charge is 0.236 e. The van der Waals surface area contributed by atoms with E-state index >= 15 is 0 Å². The number of thiophene rings is 1. The first-order valence-electron chi connectivity index (χ1n) is 5.96. The molecule has 2 heterocycles. The van der Waals surface area contributed by atoms with Gasteiger partial charge in [-0.1, -0.05) is 0 Å². The molecule has 2 aromatic rings. The minimum atomic E-state index is -0.411. The first-order chi connectivity index (χ1) is 8.64. The summed E-state index contributed by atoms with van der Waals surface area (Å²) in [6.45, 7) is 4.05. The molecule has 18 heavy (non-hydrogen) atoms. The van der Waals surface area contributed by atoms with Crippen LogP contribution in [0.4, 0.5) is 0 Å². The quantitative estimate of drug-likeness (QED) is 0.826. The van der Waals surface area contributed by atoms with Gasteiger partial charge in [0.05, 0.1) is 16.6 Å². The highest BCUT2D eigenvalue weighted by molar-refractivity contribution is 7.13. The average Bonchev–Trinajstić information content (AvgIpc) is 3.05. The lowest BCUT2D eigenvalue weighted by molar-refractivity contribution is 0.790. The Bertz CT molecular complexity index is 647. The van der Waals surface area contributed by atoms with E-state index in [1.807, 2.05) is 13.0 Å². The third-order valence-electron chi connectivity index (χ3n) is 3.34. The standard InChI is InChI=1S/C14H13N3S/c1-9-3-6-18-12(9)11-7-10(2)16-13(17-11)14(8-15)4-5-14/h3,6-7H,4-5H2,1-2H3. The molecule has 0 amide bonds. The van der Waals surface area contributed by atoms with E-state index < -0.39 is 5.41 Å². The first-order valence-corrected chi connectivity index (χ1v) is 6.84. The van der Waals surface area contributed by atoms with E-state index in [4.69, 9.17) is 0 Å². The lowest BCUT2D eigenvalue weighted by Gasteiger charge is -2.08. The highest BCUT2D eigenvalue weighted by Gasteiger charge is 2.48. The highest BCUT2D eigenvalue weighted by Crippen LogP contribution is 2.46. The Hall–Kier alpha value is -1.73.